The molecule has 0 heterocycles. The van der Waals surface area contributed by atoms with Crippen LogP contribution in [0.2, 0.25) is 0 Å². The van der Waals surface area contributed by atoms with Crippen molar-refractivity contribution in [1.29, 1.82) is 0 Å². The smallest absolute Gasteiger partial charge is 0.0494 e. The summed E-state index contributed by atoms with van der Waals surface area (Å²) in [6.07, 6.45) is 18.3. The molecule has 0 aromatic carbocycles. The van der Waals surface area contributed by atoms with Crippen molar-refractivity contribution in [3.8, 4) is 0 Å². The molecule has 2 nitrogen and oxygen atoms in total. The lowest BCUT2D eigenvalue weighted by atomic mass is 10.0. The molecule has 0 aliphatic rings. The summed E-state index contributed by atoms with van der Waals surface area (Å²) in [4.78, 5) is 0. The van der Waals surface area contributed by atoms with Crippen LogP contribution < -0.4 is 0 Å². The molecular weight excluding hydrogens is 320 g/mol. The Labute approximate surface area is 165 Å². The van der Waals surface area contributed by atoms with Gasteiger partial charge < -0.3 is 9.47 Å². The van der Waals surface area contributed by atoms with Crippen molar-refractivity contribution in [3.63, 3.8) is 0 Å². The minimum absolute atomic E-state index is 0.782. The Morgan fingerprint density at radius 3 is 1.23 bits per heavy atom. The molecule has 0 fully saturated rings. The van der Waals surface area contributed by atoms with E-state index in [4.69, 9.17) is 9.47 Å². The van der Waals surface area contributed by atoms with Gasteiger partial charge in [0.2, 0.25) is 0 Å². The molecule has 0 aromatic heterocycles. The van der Waals surface area contributed by atoms with Gasteiger partial charge in [-0.05, 0) is 37.5 Å². The predicted octanol–water partition coefficient (Wildman–Crippen LogP) is 7.79. The molecule has 0 bridgehead atoms. The molecule has 0 saturated heterocycles. The summed E-state index contributed by atoms with van der Waals surface area (Å²) in [5.74, 6) is 1.56. The average Bonchev–Trinajstić information content (AvgIpc) is 2.67. The van der Waals surface area contributed by atoms with E-state index in [-0.39, 0.29) is 0 Å². The molecule has 0 aliphatic carbocycles. The summed E-state index contributed by atoms with van der Waals surface area (Å²) in [6.45, 7) is 13.0. The Morgan fingerprint density at radius 1 is 0.500 bits per heavy atom. The quantitative estimate of drug-likeness (QED) is 0.192. The zero-order valence-corrected chi connectivity index (χ0v) is 18.7. The fraction of sp³-hybridized carbons (Fsp3) is 1.00. The summed E-state index contributed by atoms with van der Waals surface area (Å²) in [5.41, 5.74) is 0. The Bertz CT molecular complexity index is 229. The second kappa shape index (κ2) is 21.2. The number of unbranched alkanes of at least 4 members (excludes halogenated alkanes) is 7. The van der Waals surface area contributed by atoms with Crippen molar-refractivity contribution in [3.05, 3.63) is 0 Å². The zero-order chi connectivity index (χ0) is 19.3. The number of rotatable bonds is 21. The van der Waals surface area contributed by atoms with E-state index in [1.165, 1.54) is 89.9 Å². The first-order chi connectivity index (χ1) is 12.8. The van der Waals surface area contributed by atoms with Gasteiger partial charge in [0.05, 0.1) is 0 Å². The molecule has 0 saturated carbocycles. The minimum atomic E-state index is 0.782. The third kappa shape index (κ3) is 17.3. The summed E-state index contributed by atoms with van der Waals surface area (Å²) in [7, 11) is 0. The molecule has 0 N–H and O–H groups in total. The highest BCUT2D eigenvalue weighted by Crippen LogP contribution is 2.14. The van der Waals surface area contributed by atoms with Gasteiger partial charge in [-0.3, -0.25) is 0 Å². The summed E-state index contributed by atoms with van der Waals surface area (Å²) in [5, 5.41) is 0. The molecule has 0 aromatic rings. The summed E-state index contributed by atoms with van der Waals surface area (Å²) >= 11 is 0. The third-order valence-electron chi connectivity index (χ3n) is 5.62. The maximum atomic E-state index is 5.88. The van der Waals surface area contributed by atoms with Crippen LogP contribution in [0.15, 0.2) is 0 Å². The number of hydrogen-bond acceptors (Lipinski definition) is 2. The lowest BCUT2D eigenvalue weighted by molar-refractivity contribution is 0.0888. The largest absolute Gasteiger partial charge is 0.381 e. The molecule has 0 aliphatic heterocycles. The standard InChI is InChI=1S/C24H50O2/c1-5-9-17-23(7-3)21-25-19-15-13-11-12-14-16-20-26-22-24(8-4)18-10-6-2/h23-24H,5-22H2,1-4H3. The molecular formula is C24H50O2. The summed E-state index contributed by atoms with van der Waals surface area (Å²) < 4.78 is 11.8. The lowest BCUT2D eigenvalue weighted by Crippen LogP contribution is -2.09. The van der Waals surface area contributed by atoms with Gasteiger partial charge in [0.15, 0.2) is 0 Å². The van der Waals surface area contributed by atoms with Crippen LogP contribution in [0, 0.1) is 11.8 Å². The van der Waals surface area contributed by atoms with Crippen LogP contribution in [-0.2, 0) is 9.47 Å². The molecule has 2 atom stereocenters. The molecule has 2 unspecified atom stereocenters. The SMILES string of the molecule is CCCCC(CC)COCCCCCCCCOCC(CC)CCCC. The van der Waals surface area contributed by atoms with E-state index in [1.807, 2.05) is 0 Å². The number of hydrogen-bond donors (Lipinski definition) is 0. The highest BCUT2D eigenvalue weighted by atomic mass is 16.5. The first kappa shape index (κ1) is 25.9. The van der Waals surface area contributed by atoms with E-state index in [9.17, 15) is 0 Å². The average molecular weight is 371 g/mol. The molecule has 0 amide bonds. The van der Waals surface area contributed by atoms with E-state index in [2.05, 4.69) is 27.7 Å². The van der Waals surface area contributed by atoms with Gasteiger partial charge in [0.25, 0.3) is 0 Å². The van der Waals surface area contributed by atoms with Gasteiger partial charge in [0, 0.05) is 26.4 Å². The van der Waals surface area contributed by atoms with Gasteiger partial charge >= 0.3 is 0 Å². The lowest BCUT2D eigenvalue weighted by Gasteiger charge is -2.14. The Morgan fingerprint density at radius 2 is 0.885 bits per heavy atom. The van der Waals surface area contributed by atoms with Gasteiger partial charge in [0.1, 0.15) is 0 Å². The molecule has 0 spiro atoms. The second-order valence-corrected chi connectivity index (χ2v) is 8.10. The summed E-state index contributed by atoms with van der Waals surface area (Å²) in [6, 6.07) is 0. The third-order valence-corrected chi connectivity index (χ3v) is 5.62. The molecule has 2 heteroatoms. The molecule has 158 valence electrons. The van der Waals surface area contributed by atoms with E-state index >= 15 is 0 Å². The predicted molar refractivity (Wildman–Crippen MR) is 116 cm³/mol. The second-order valence-electron chi connectivity index (χ2n) is 8.10. The van der Waals surface area contributed by atoms with E-state index in [1.54, 1.807) is 0 Å². The van der Waals surface area contributed by atoms with E-state index in [0.717, 1.165) is 38.3 Å². The highest BCUT2D eigenvalue weighted by molar-refractivity contribution is 4.57. The Kier molecular flexibility index (Phi) is 21.2. The topological polar surface area (TPSA) is 18.5 Å². The maximum absolute atomic E-state index is 5.88. The fourth-order valence-corrected chi connectivity index (χ4v) is 3.41. The van der Waals surface area contributed by atoms with Crippen molar-refractivity contribution in [2.24, 2.45) is 11.8 Å². The van der Waals surface area contributed by atoms with Crippen LogP contribution in [-0.4, -0.2) is 26.4 Å². The van der Waals surface area contributed by atoms with Crippen molar-refractivity contribution < 1.29 is 9.47 Å². The van der Waals surface area contributed by atoms with Crippen LogP contribution in [0.4, 0.5) is 0 Å². The first-order valence-electron chi connectivity index (χ1n) is 11.9. The van der Waals surface area contributed by atoms with Crippen LogP contribution in [0.25, 0.3) is 0 Å². The van der Waals surface area contributed by atoms with Crippen molar-refractivity contribution >= 4 is 0 Å². The zero-order valence-electron chi connectivity index (χ0n) is 18.7. The van der Waals surface area contributed by atoms with Gasteiger partial charge in [-0.25, -0.2) is 0 Å². The maximum Gasteiger partial charge on any atom is 0.0494 e. The van der Waals surface area contributed by atoms with Gasteiger partial charge in [-0.2, -0.15) is 0 Å². The van der Waals surface area contributed by atoms with Crippen LogP contribution in [0.3, 0.4) is 0 Å². The van der Waals surface area contributed by atoms with Crippen molar-refractivity contribution in [1.82, 2.24) is 0 Å². The van der Waals surface area contributed by atoms with Gasteiger partial charge in [-0.1, -0.05) is 91.9 Å². The molecule has 0 rings (SSSR count). The normalized spacial score (nSPS) is 13.8. The molecule has 26 heavy (non-hydrogen) atoms. The van der Waals surface area contributed by atoms with E-state index in [0.29, 0.717) is 0 Å². The van der Waals surface area contributed by atoms with E-state index < -0.39 is 0 Å². The van der Waals surface area contributed by atoms with Crippen LogP contribution >= 0.6 is 0 Å². The minimum Gasteiger partial charge on any atom is -0.381 e. The Balaban J connectivity index is 3.28. The Hall–Kier alpha value is -0.0800. The van der Waals surface area contributed by atoms with Crippen LogP contribution in [0.1, 0.15) is 118 Å². The molecule has 0 radical (unpaired) electrons. The van der Waals surface area contributed by atoms with Crippen molar-refractivity contribution in [2.45, 2.75) is 118 Å². The number of ether oxygens (including phenoxy) is 2. The highest BCUT2D eigenvalue weighted by Gasteiger charge is 2.06. The first-order valence-corrected chi connectivity index (χ1v) is 11.9. The van der Waals surface area contributed by atoms with Gasteiger partial charge in [-0.15, -0.1) is 0 Å². The fourth-order valence-electron chi connectivity index (χ4n) is 3.41. The van der Waals surface area contributed by atoms with Crippen molar-refractivity contribution in [2.75, 3.05) is 26.4 Å². The van der Waals surface area contributed by atoms with Crippen LogP contribution in [0.5, 0.6) is 0 Å². The monoisotopic (exact) mass is 370 g/mol.